The molecule has 13 heteroatoms. The number of fused-ring (bicyclic) bond motifs is 1. The van der Waals surface area contributed by atoms with Crippen LogP contribution in [0.25, 0.3) is 22.4 Å². The van der Waals surface area contributed by atoms with Crippen LogP contribution in [0.3, 0.4) is 0 Å². The molecule has 0 spiro atoms. The number of amides is 1. The quantitative estimate of drug-likeness (QED) is 0.406. The largest absolute Gasteiger partial charge is 0.467 e. The zero-order valence-electron chi connectivity index (χ0n) is 21.7. The smallest absolute Gasteiger partial charge is 0.332 e. The molecule has 0 aliphatic carbocycles. The van der Waals surface area contributed by atoms with Crippen LogP contribution in [-0.2, 0) is 18.9 Å². The molecule has 1 saturated heterocycles. The van der Waals surface area contributed by atoms with E-state index in [2.05, 4.69) is 22.2 Å². The SMILES string of the molecule is COc1oc(NC(=O)C(C)n2cnc3c2c(=O)n(C)c(=O)n3C)nc1-c1ccc(N2CCCC2C)c(F)c1. The Morgan fingerprint density at radius 1 is 1.26 bits per heavy atom. The number of imidazole rings is 1. The molecule has 1 aliphatic heterocycles. The molecule has 2 atom stereocenters. The fraction of sp³-hybridized carbons (Fsp3) is 0.400. The van der Waals surface area contributed by atoms with Gasteiger partial charge in [-0.25, -0.2) is 14.2 Å². The molecule has 1 N–H and O–H groups in total. The van der Waals surface area contributed by atoms with Crippen molar-refractivity contribution in [2.24, 2.45) is 14.1 Å². The first-order valence-electron chi connectivity index (χ1n) is 12.2. The highest BCUT2D eigenvalue weighted by molar-refractivity contribution is 5.93. The van der Waals surface area contributed by atoms with Crippen LogP contribution in [0.15, 0.2) is 38.5 Å². The number of carbonyl (C=O) groups is 1. The van der Waals surface area contributed by atoms with Crippen molar-refractivity contribution < 1.29 is 18.3 Å². The molecule has 200 valence electrons. The van der Waals surface area contributed by atoms with Crippen molar-refractivity contribution in [3.8, 4) is 17.2 Å². The number of halogens is 1. The van der Waals surface area contributed by atoms with Crippen molar-refractivity contribution in [3.63, 3.8) is 0 Å². The molecule has 1 aliphatic rings. The Labute approximate surface area is 216 Å². The highest BCUT2D eigenvalue weighted by atomic mass is 19.1. The van der Waals surface area contributed by atoms with E-state index in [0.717, 1.165) is 24.0 Å². The summed E-state index contributed by atoms with van der Waals surface area (Å²) in [7, 11) is 4.23. The third kappa shape index (κ3) is 4.03. The van der Waals surface area contributed by atoms with Gasteiger partial charge in [0.25, 0.3) is 11.5 Å². The van der Waals surface area contributed by atoms with Crippen LogP contribution in [0.2, 0.25) is 0 Å². The molecule has 1 fully saturated rings. The zero-order valence-corrected chi connectivity index (χ0v) is 21.7. The van der Waals surface area contributed by atoms with Gasteiger partial charge in [-0.15, -0.1) is 0 Å². The van der Waals surface area contributed by atoms with Crippen LogP contribution >= 0.6 is 0 Å². The maximum absolute atomic E-state index is 15.1. The van der Waals surface area contributed by atoms with E-state index in [1.807, 2.05) is 4.90 Å². The summed E-state index contributed by atoms with van der Waals surface area (Å²) in [5, 5.41) is 2.57. The van der Waals surface area contributed by atoms with Crippen LogP contribution in [0.4, 0.5) is 16.1 Å². The van der Waals surface area contributed by atoms with Crippen molar-refractivity contribution in [1.82, 2.24) is 23.7 Å². The van der Waals surface area contributed by atoms with E-state index >= 15 is 4.39 Å². The second-order valence-electron chi connectivity index (χ2n) is 9.41. The highest BCUT2D eigenvalue weighted by Gasteiger charge is 2.26. The van der Waals surface area contributed by atoms with Crippen LogP contribution < -0.4 is 26.2 Å². The number of rotatable bonds is 6. The number of methoxy groups -OCH3 is 1. The first kappa shape index (κ1) is 25.2. The molecule has 12 nitrogen and oxygen atoms in total. The molecule has 0 saturated carbocycles. The molecule has 1 aromatic carbocycles. The van der Waals surface area contributed by atoms with Crippen LogP contribution in [0.5, 0.6) is 5.95 Å². The number of nitrogens with one attached hydrogen (secondary N) is 1. The first-order valence-corrected chi connectivity index (χ1v) is 12.2. The van der Waals surface area contributed by atoms with Crippen molar-refractivity contribution in [1.29, 1.82) is 0 Å². The van der Waals surface area contributed by atoms with E-state index in [4.69, 9.17) is 9.15 Å². The van der Waals surface area contributed by atoms with Crippen LogP contribution in [-0.4, -0.2) is 49.3 Å². The number of benzene rings is 1. The van der Waals surface area contributed by atoms with Crippen LogP contribution in [0.1, 0.15) is 32.7 Å². The van der Waals surface area contributed by atoms with Crippen molar-refractivity contribution in [2.45, 2.75) is 38.8 Å². The Balaban J connectivity index is 1.42. The van der Waals surface area contributed by atoms with Gasteiger partial charge >= 0.3 is 17.7 Å². The Bertz CT molecular complexity index is 1670. The predicted octanol–water partition coefficient (Wildman–Crippen LogP) is 2.42. The predicted molar refractivity (Wildman–Crippen MR) is 138 cm³/mol. The van der Waals surface area contributed by atoms with E-state index in [0.29, 0.717) is 11.3 Å². The number of nitrogens with zero attached hydrogens (tertiary/aromatic N) is 6. The molecular weight excluding hydrogens is 497 g/mol. The third-order valence-electron chi connectivity index (χ3n) is 7.07. The van der Waals surface area contributed by atoms with Gasteiger partial charge in [0.05, 0.1) is 19.1 Å². The third-order valence-corrected chi connectivity index (χ3v) is 7.07. The number of aryl methyl sites for hydroxylation is 1. The summed E-state index contributed by atoms with van der Waals surface area (Å²) in [4.78, 5) is 48.5. The van der Waals surface area contributed by atoms with Gasteiger partial charge < -0.3 is 18.6 Å². The van der Waals surface area contributed by atoms with Crippen molar-refractivity contribution in [2.75, 3.05) is 23.9 Å². The molecule has 2 unspecified atom stereocenters. The van der Waals surface area contributed by atoms with Gasteiger partial charge in [0.15, 0.2) is 16.9 Å². The molecule has 38 heavy (non-hydrogen) atoms. The molecule has 0 radical (unpaired) electrons. The van der Waals surface area contributed by atoms with E-state index in [-0.39, 0.29) is 40.7 Å². The highest BCUT2D eigenvalue weighted by Crippen LogP contribution is 2.36. The minimum atomic E-state index is -0.911. The monoisotopic (exact) mass is 525 g/mol. The minimum absolute atomic E-state index is 0.00611. The summed E-state index contributed by atoms with van der Waals surface area (Å²) in [5.41, 5.74) is 0.347. The molecular formula is C25H28FN7O5. The summed E-state index contributed by atoms with van der Waals surface area (Å²) < 4.78 is 29.5. The lowest BCUT2D eigenvalue weighted by molar-refractivity contribution is -0.118. The summed E-state index contributed by atoms with van der Waals surface area (Å²) in [6.07, 6.45) is 3.35. The summed E-state index contributed by atoms with van der Waals surface area (Å²) in [6, 6.07) is 4.00. The van der Waals surface area contributed by atoms with Gasteiger partial charge in [0.2, 0.25) is 0 Å². The molecule has 1 amide bonds. The lowest BCUT2D eigenvalue weighted by Gasteiger charge is -2.24. The summed E-state index contributed by atoms with van der Waals surface area (Å²) >= 11 is 0. The maximum atomic E-state index is 15.1. The number of hydrogen-bond donors (Lipinski definition) is 1. The Hall–Kier alpha value is -4.42. The van der Waals surface area contributed by atoms with Gasteiger partial charge in [-0.1, -0.05) is 6.07 Å². The number of ether oxygens (including phenoxy) is 1. The Morgan fingerprint density at radius 3 is 2.68 bits per heavy atom. The van der Waals surface area contributed by atoms with Gasteiger partial charge in [-0.3, -0.25) is 24.0 Å². The van der Waals surface area contributed by atoms with E-state index in [9.17, 15) is 14.4 Å². The molecule has 4 heterocycles. The fourth-order valence-electron chi connectivity index (χ4n) is 4.85. The first-order chi connectivity index (χ1) is 18.1. The van der Waals surface area contributed by atoms with Crippen molar-refractivity contribution >= 4 is 28.8 Å². The van der Waals surface area contributed by atoms with E-state index in [1.54, 1.807) is 19.1 Å². The second-order valence-corrected chi connectivity index (χ2v) is 9.41. The maximum Gasteiger partial charge on any atom is 0.332 e. The zero-order chi connectivity index (χ0) is 27.3. The van der Waals surface area contributed by atoms with E-state index in [1.165, 1.54) is 42.7 Å². The minimum Gasteiger partial charge on any atom is -0.467 e. The number of oxazole rings is 1. The topological polar surface area (TPSA) is 129 Å². The Morgan fingerprint density at radius 2 is 2.03 bits per heavy atom. The van der Waals surface area contributed by atoms with Gasteiger partial charge in [-0.05, 0) is 38.8 Å². The average molecular weight is 526 g/mol. The lowest BCUT2D eigenvalue weighted by atomic mass is 10.1. The number of anilines is 2. The molecule has 5 rings (SSSR count). The van der Waals surface area contributed by atoms with Crippen LogP contribution in [0, 0.1) is 5.82 Å². The normalized spacial score (nSPS) is 16.3. The molecule has 0 bridgehead atoms. The average Bonchev–Trinajstić information content (AvgIpc) is 3.64. The van der Waals surface area contributed by atoms with E-state index < -0.39 is 23.2 Å². The van der Waals surface area contributed by atoms with Gasteiger partial charge in [0, 0.05) is 32.2 Å². The molecule has 3 aromatic heterocycles. The fourth-order valence-corrected chi connectivity index (χ4v) is 4.85. The van der Waals surface area contributed by atoms with Crippen molar-refractivity contribution in [3.05, 3.63) is 51.2 Å². The van der Waals surface area contributed by atoms with Gasteiger partial charge in [0.1, 0.15) is 11.9 Å². The standard InChI is InChI=1S/C25H28FN7O5/c1-13-7-6-10-32(13)17-9-8-15(11-16(17)26)18-23(37-5)38-24(28-18)29-21(34)14(2)33-12-27-20-19(33)22(35)31(4)25(36)30(20)3/h8-9,11-14H,6-7,10H2,1-5H3,(H,28,29,34). The number of hydrogen-bond acceptors (Lipinski definition) is 8. The second kappa shape index (κ2) is 9.47. The Kier molecular flexibility index (Phi) is 6.29. The number of aromatic nitrogens is 5. The van der Waals surface area contributed by atoms with Gasteiger partial charge in [-0.2, -0.15) is 4.98 Å². The lowest BCUT2D eigenvalue weighted by Crippen LogP contribution is -2.38. The molecule has 4 aromatic rings. The summed E-state index contributed by atoms with van der Waals surface area (Å²) in [5.74, 6) is -0.935. The summed E-state index contributed by atoms with van der Waals surface area (Å²) in [6.45, 7) is 4.44. The number of carbonyl (C=O) groups excluding carboxylic acids is 1.